The standard InChI is InChI=1S/C15H21NO3/c1-19-14-9-8-11(15(17)18)10-13(14)16-12-6-4-2-3-5-7-12/h8-10,12,16H,2-7H2,1H3,(H,17,18). The predicted molar refractivity (Wildman–Crippen MR) is 75.1 cm³/mol. The molecule has 1 fully saturated rings. The molecule has 0 spiro atoms. The Bertz CT molecular complexity index is 437. The van der Waals surface area contributed by atoms with E-state index in [0.717, 1.165) is 18.5 Å². The molecule has 0 unspecified atom stereocenters. The third-order valence-electron chi connectivity index (χ3n) is 3.66. The van der Waals surface area contributed by atoms with E-state index in [1.54, 1.807) is 25.3 Å². The van der Waals surface area contributed by atoms with Gasteiger partial charge >= 0.3 is 5.97 Å². The summed E-state index contributed by atoms with van der Waals surface area (Å²) >= 11 is 0. The maximum atomic E-state index is 11.0. The molecule has 0 aliphatic heterocycles. The van der Waals surface area contributed by atoms with E-state index in [1.807, 2.05) is 0 Å². The molecule has 19 heavy (non-hydrogen) atoms. The maximum absolute atomic E-state index is 11.0. The van der Waals surface area contributed by atoms with Crippen molar-refractivity contribution >= 4 is 11.7 Å². The second-order valence-electron chi connectivity index (χ2n) is 5.05. The van der Waals surface area contributed by atoms with Crippen LogP contribution in [0.2, 0.25) is 0 Å². The summed E-state index contributed by atoms with van der Waals surface area (Å²) in [5.74, 6) is -0.208. The molecule has 4 nitrogen and oxygen atoms in total. The molecule has 2 N–H and O–H groups in total. The summed E-state index contributed by atoms with van der Waals surface area (Å²) in [6, 6.07) is 5.36. The van der Waals surface area contributed by atoms with Crippen molar-refractivity contribution in [2.45, 2.75) is 44.6 Å². The minimum absolute atomic E-state index is 0.289. The van der Waals surface area contributed by atoms with Gasteiger partial charge in [-0.1, -0.05) is 25.7 Å². The summed E-state index contributed by atoms with van der Waals surface area (Å²) < 4.78 is 5.30. The van der Waals surface area contributed by atoms with Gasteiger partial charge in [0.05, 0.1) is 18.4 Å². The minimum atomic E-state index is -0.911. The summed E-state index contributed by atoms with van der Waals surface area (Å²) in [5.41, 5.74) is 1.08. The molecule has 0 radical (unpaired) electrons. The average molecular weight is 263 g/mol. The van der Waals surface area contributed by atoms with Gasteiger partial charge in [-0.3, -0.25) is 0 Å². The van der Waals surface area contributed by atoms with Gasteiger partial charge in [0.2, 0.25) is 0 Å². The van der Waals surface area contributed by atoms with Crippen molar-refractivity contribution in [3.8, 4) is 5.75 Å². The van der Waals surface area contributed by atoms with E-state index in [9.17, 15) is 4.79 Å². The SMILES string of the molecule is COc1ccc(C(=O)O)cc1NC1CCCCCC1. The molecule has 0 atom stereocenters. The van der Waals surface area contributed by atoms with Crippen molar-refractivity contribution in [2.24, 2.45) is 0 Å². The van der Waals surface area contributed by atoms with Gasteiger partial charge in [0.25, 0.3) is 0 Å². The largest absolute Gasteiger partial charge is 0.495 e. The Morgan fingerprint density at radius 1 is 1.26 bits per heavy atom. The number of benzene rings is 1. The minimum Gasteiger partial charge on any atom is -0.495 e. The Morgan fingerprint density at radius 2 is 1.95 bits per heavy atom. The molecular formula is C15H21NO3. The van der Waals surface area contributed by atoms with Crippen LogP contribution in [-0.2, 0) is 0 Å². The fourth-order valence-corrected chi connectivity index (χ4v) is 2.60. The number of carboxylic acid groups (broad SMARTS) is 1. The van der Waals surface area contributed by atoms with Gasteiger partial charge in [0.15, 0.2) is 0 Å². The van der Waals surface area contributed by atoms with E-state index in [2.05, 4.69) is 5.32 Å². The van der Waals surface area contributed by atoms with Crippen molar-refractivity contribution in [1.82, 2.24) is 0 Å². The Labute approximate surface area is 113 Å². The van der Waals surface area contributed by atoms with E-state index >= 15 is 0 Å². The van der Waals surface area contributed by atoms with Crippen LogP contribution in [0.1, 0.15) is 48.9 Å². The van der Waals surface area contributed by atoms with Crippen molar-refractivity contribution < 1.29 is 14.6 Å². The lowest BCUT2D eigenvalue weighted by molar-refractivity contribution is 0.0697. The van der Waals surface area contributed by atoms with Gasteiger partial charge < -0.3 is 15.2 Å². The van der Waals surface area contributed by atoms with Gasteiger partial charge in [-0.15, -0.1) is 0 Å². The summed E-state index contributed by atoms with van der Waals surface area (Å²) in [6.07, 6.45) is 7.34. The zero-order chi connectivity index (χ0) is 13.7. The third-order valence-corrected chi connectivity index (χ3v) is 3.66. The Balaban J connectivity index is 2.16. The van der Waals surface area contributed by atoms with E-state index in [0.29, 0.717) is 11.8 Å². The Morgan fingerprint density at radius 3 is 2.53 bits per heavy atom. The molecule has 0 saturated heterocycles. The molecule has 1 aliphatic rings. The lowest BCUT2D eigenvalue weighted by Gasteiger charge is -2.20. The van der Waals surface area contributed by atoms with Crippen molar-refractivity contribution in [3.63, 3.8) is 0 Å². The number of rotatable bonds is 4. The van der Waals surface area contributed by atoms with Crippen LogP contribution in [0.15, 0.2) is 18.2 Å². The van der Waals surface area contributed by atoms with Gasteiger partial charge in [-0.2, -0.15) is 0 Å². The molecular weight excluding hydrogens is 242 g/mol. The molecule has 1 aromatic carbocycles. The highest BCUT2D eigenvalue weighted by molar-refractivity contribution is 5.89. The van der Waals surface area contributed by atoms with Crippen LogP contribution in [0, 0.1) is 0 Å². The van der Waals surface area contributed by atoms with E-state index < -0.39 is 5.97 Å². The van der Waals surface area contributed by atoms with Crippen LogP contribution >= 0.6 is 0 Å². The highest BCUT2D eigenvalue weighted by atomic mass is 16.5. The number of anilines is 1. The smallest absolute Gasteiger partial charge is 0.335 e. The third kappa shape index (κ3) is 3.63. The van der Waals surface area contributed by atoms with Crippen LogP contribution in [-0.4, -0.2) is 24.2 Å². The first-order valence-electron chi connectivity index (χ1n) is 6.88. The highest BCUT2D eigenvalue weighted by Gasteiger charge is 2.15. The number of methoxy groups -OCH3 is 1. The predicted octanol–water partition coefficient (Wildman–Crippen LogP) is 3.53. The molecule has 1 aliphatic carbocycles. The summed E-state index contributed by atoms with van der Waals surface area (Å²) in [6.45, 7) is 0. The first-order chi connectivity index (χ1) is 9.20. The summed E-state index contributed by atoms with van der Waals surface area (Å²) in [4.78, 5) is 11.0. The first kappa shape index (κ1) is 13.7. The Hall–Kier alpha value is -1.71. The van der Waals surface area contributed by atoms with Crippen LogP contribution < -0.4 is 10.1 Å². The summed E-state index contributed by atoms with van der Waals surface area (Å²) in [7, 11) is 1.61. The lowest BCUT2D eigenvalue weighted by atomic mass is 10.1. The molecule has 1 aromatic rings. The van der Waals surface area contributed by atoms with Crippen LogP contribution in [0.5, 0.6) is 5.75 Å². The molecule has 1 saturated carbocycles. The van der Waals surface area contributed by atoms with Crippen LogP contribution in [0.3, 0.4) is 0 Å². The number of nitrogens with one attached hydrogen (secondary N) is 1. The average Bonchev–Trinajstić information content (AvgIpc) is 2.67. The topological polar surface area (TPSA) is 58.6 Å². The number of carbonyl (C=O) groups is 1. The van der Waals surface area contributed by atoms with Crippen molar-refractivity contribution in [1.29, 1.82) is 0 Å². The second-order valence-corrected chi connectivity index (χ2v) is 5.05. The highest BCUT2D eigenvalue weighted by Crippen LogP contribution is 2.29. The second kappa shape index (κ2) is 6.45. The van der Waals surface area contributed by atoms with Gasteiger partial charge in [0, 0.05) is 6.04 Å². The molecule has 2 rings (SSSR count). The van der Waals surface area contributed by atoms with Gasteiger partial charge in [-0.05, 0) is 31.0 Å². The maximum Gasteiger partial charge on any atom is 0.335 e. The van der Waals surface area contributed by atoms with E-state index in [-0.39, 0.29) is 5.56 Å². The molecule has 4 heteroatoms. The molecule has 104 valence electrons. The van der Waals surface area contributed by atoms with E-state index in [1.165, 1.54) is 25.7 Å². The number of aromatic carboxylic acids is 1. The number of ether oxygens (including phenoxy) is 1. The lowest BCUT2D eigenvalue weighted by Crippen LogP contribution is -2.19. The fraction of sp³-hybridized carbons (Fsp3) is 0.533. The Kier molecular flexibility index (Phi) is 4.66. The quantitative estimate of drug-likeness (QED) is 0.816. The van der Waals surface area contributed by atoms with Crippen LogP contribution in [0.25, 0.3) is 0 Å². The summed E-state index contributed by atoms with van der Waals surface area (Å²) in [5, 5.41) is 12.5. The molecule has 0 bridgehead atoms. The zero-order valence-electron chi connectivity index (χ0n) is 11.3. The number of hydrogen-bond acceptors (Lipinski definition) is 3. The molecule has 0 aromatic heterocycles. The van der Waals surface area contributed by atoms with Crippen molar-refractivity contribution in [3.05, 3.63) is 23.8 Å². The zero-order valence-corrected chi connectivity index (χ0v) is 11.3. The monoisotopic (exact) mass is 263 g/mol. The van der Waals surface area contributed by atoms with Crippen molar-refractivity contribution in [2.75, 3.05) is 12.4 Å². The number of carboxylic acids is 1. The normalized spacial score (nSPS) is 16.7. The fourth-order valence-electron chi connectivity index (χ4n) is 2.60. The first-order valence-corrected chi connectivity index (χ1v) is 6.88. The van der Waals surface area contributed by atoms with Gasteiger partial charge in [-0.25, -0.2) is 4.79 Å². The van der Waals surface area contributed by atoms with E-state index in [4.69, 9.17) is 9.84 Å². The van der Waals surface area contributed by atoms with Gasteiger partial charge in [0.1, 0.15) is 5.75 Å². The number of hydrogen-bond donors (Lipinski definition) is 2. The van der Waals surface area contributed by atoms with Crippen LogP contribution in [0.4, 0.5) is 5.69 Å². The molecule has 0 amide bonds. The molecule has 0 heterocycles.